The van der Waals surface area contributed by atoms with Crippen LogP contribution in [0.4, 0.5) is 14.5 Å². The molecule has 1 atom stereocenters. The van der Waals surface area contributed by atoms with Gasteiger partial charge in [-0.15, -0.1) is 0 Å². The van der Waals surface area contributed by atoms with E-state index in [9.17, 15) is 23.5 Å². The zero-order valence-electron chi connectivity index (χ0n) is 18.2. The highest BCUT2D eigenvalue weighted by atomic mass is 35.5. The van der Waals surface area contributed by atoms with Crippen molar-refractivity contribution in [3.8, 4) is 11.5 Å². The predicted octanol–water partition coefficient (Wildman–Crippen LogP) is 5.31. The van der Waals surface area contributed by atoms with Crippen LogP contribution < -0.4 is 14.4 Å². The molecule has 1 unspecified atom stereocenters. The number of hydrogen-bond donors (Lipinski definition) is 1. The van der Waals surface area contributed by atoms with Gasteiger partial charge in [-0.05, 0) is 30.3 Å². The standard InChI is InChI=1S/C24H16Cl2F2N2O5/c1-34-22-12(10-13(25)23(35-2)18(22)26)20(31)17-19(15-5-3-4-8-29-15)30(24(33)21(17)32)16-7-6-11(27)9-14(16)28/h3-10,19,31H,1-2H3/b20-17+. The number of amides is 1. The fourth-order valence-corrected chi connectivity index (χ4v) is 4.55. The lowest BCUT2D eigenvalue weighted by molar-refractivity contribution is -0.132. The van der Waals surface area contributed by atoms with E-state index in [4.69, 9.17) is 32.7 Å². The van der Waals surface area contributed by atoms with Crippen molar-refractivity contribution in [2.75, 3.05) is 19.1 Å². The third-order valence-corrected chi connectivity index (χ3v) is 6.00. The van der Waals surface area contributed by atoms with Crippen LogP contribution in [0.2, 0.25) is 10.0 Å². The minimum Gasteiger partial charge on any atom is -0.507 e. The number of carbonyl (C=O) groups is 2. The Morgan fingerprint density at radius 3 is 2.37 bits per heavy atom. The summed E-state index contributed by atoms with van der Waals surface area (Å²) in [5, 5.41) is 11.2. The maximum Gasteiger partial charge on any atom is 0.300 e. The van der Waals surface area contributed by atoms with Gasteiger partial charge in [0.25, 0.3) is 11.7 Å². The maximum atomic E-state index is 14.7. The van der Waals surface area contributed by atoms with Crippen molar-refractivity contribution in [2.24, 2.45) is 0 Å². The molecule has 0 spiro atoms. The number of nitrogens with zero attached hydrogens (tertiary/aromatic N) is 2. The summed E-state index contributed by atoms with van der Waals surface area (Å²) in [7, 11) is 2.60. The summed E-state index contributed by atoms with van der Waals surface area (Å²) < 4.78 is 38.8. The number of benzene rings is 2. The Labute approximate surface area is 208 Å². The largest absolute Gasteiger partial charge is 0.507 e. The topological polar surface area (TPSA) is 89.0 Å². The van der Waals surface area contributed by atoms with E-state index in [1.54, 1.807) is 12.1 Å². The van der Waals surface area contributed by atoms with Crippen LogP contribution in [0.5, 0.6) is 11.5 Å². The number of carbonyl (C=O) groups excluding carboxylic acids is 2. The molecule has 11 heteroatoms. The number of methoxy groups -OCH3 is 2. The molecule has 1 fully saturated rings. The average Bonchev–Trinajstić information content (AvgIpc) is 3.09. The third kappa shape index (κ3) is 4.06. The van der Waals surface area contributed by atoms with E-state index in [2.05, 4.69) is 4.98 Å². The van der Waals surface area contributed by atoms with Crippen LogP contribution in [0.1, 0.15) is 17.3 Å². The Balaban J connectivity index is 2.02. The molecule has 0 bridgehead atoms. The van der Waals surface area contributed by atoms with Crippen molar-refractivity contribution in [1.82, 2.24) is 4.98 Å². The molecule has 1 saturated heterocycles. The molecule has 2 heterocycles. The molecule has 180 valence electrons. The Bertz CT molecular complexity index is 1380. The van der Waals surface area contributed by atoms with Crippen LogP contribution in [0.25, 0.3) is 5.76 Å². The molecule has 1 aromatic heterocycles. The number of aromatic nitrogens is 1. The van der Waals surface area contributed by atoms with Gasteiger partial charge in [0.1, 0.15) is 28.5 Å². The summed E-state index contributed by atoms with van der Waals surface area (Å²) in [6, 6.07) is 7.11. The van der Waals surface area contributed by atoms with Crippen LogP contribution in [-0.4, -0.2) is 36.0 Å². The second-order valence-corrected chi connectivity index (χ2v) is 8.09. The fourth-order valence-electron chi connectivity index (χ4n) is 3.87. The van der Waals surface area contributed by atoms with Crippen molar-refractivity contribution < 1.29 is 33.0 Å². The van der Waals surface area contributed by atoms with Gasteiger partial charge in [-0.2, -0.15) is 0 Å². The number of anilines is 1. The molecule has 0 aliphatic carbocycles. The molecule has 3 aromatic rings. The number of aliphatic hydroxyl groups excluding tert-OH is 1. The molecule has 1 amide bonds. The minimum atomic E-state index is -1.36. The van der Waals surface area contributed by atoms with Gasteiger partial charge in [0.2, 0.25) is 0 Å². The van der Waals surface area contributed by atoms with Crippen molar-refractivity contribution in [3.05, 3.63) is 87.2 Å². The second kappa shape index (κ2) is 9.52. The quantitative estimate of drug-likeness (QED) is 0.278. The molecular weight excluding hydrogens is 505 g/mol. The number of aliphatic hydroxyl groups is 1. The first kappa shape index (κ1) is 24.4. The van der Waals surface area contributed by atoms with Gasteiger partial charge in [-0.3, -0.25) is 19.5 Å². The summed E-state index contributed by atoms with van der Waals surface area (Å²) >= 11 is 12.6. The third-order valence-electron chi connectivity index (χ3n) is 5.38. The Morgan fingerprint density at radius 2 is 1.77 bits per heavy atom. The SMILES string of the molecule is COc1c(Cl)cc(/C(O)=C2\C(=O)C(=O)N(c3ccc(F)cc3F)C2c2ccccn2)c(OC)c1Cl. The molecule has 1 N–H and O–H groups in total. The smallest absolute Gasteiger partial charge is 0.300 e. The number of halogens is 4. The van der Waals surface area contributed by atoms with Crippen molar-refractivity contribution in [2.45, 2.75) is 6.04 Å². The number of hydrogen-bond acceptors (Lipinski definition) is 6. The first-order valence-electron chi connectivity index (χ1n) is 9.98. The van der Waals surface area contributed by atoms with Crippen molar-refractivity contribution in [1.29, 1.82) is 0 Å². The lowest BCUT2D eigenvalue weighted by Gasteiger charge is -2.25. The zero-order chi connectivity index (χ0) is 25.4. The van der Waals surface area contributed by atoms with E-state index in [-0.39, 0.29) is 38.5 Å². The van der Waals surface area contributed by atoms with E-state index in [0.717, 1.165) is 17.0 Å². The zero-order valence-corrected chi connectivity index (χ0v) is 19.7. The number of pyridine rings is 1. The van der Waals surface area contributed by atoms with Gasteiger partial charge in [-0.1, -0.05) is 29.3 Å². The lowest BCUT2D eigenvalue weighted by Crippen LogP contribution is -2.30. The monoisotopic (exact) mass is 520 g/mol. The summed E-state index contributed by atoms with van der Waals surface area (Å²) in [6.45, 7) is 0. The first-order valence-corrected chi connectivity index (χ1v) is 10.7. The number of ether oxygens (including phenoxy) is 2. The average molecular weight is 521 g/mol. The van der Waals surface area contributed by atoms with E-state index < -0.39 is 40.7 Å². The van der Waals surface area contributed by atoms with Crippen LogP contribution in [0.3, 0.4) is 0 Å². The fraction of sp³-hybridized carbons (Fsp3) is 0.125. The Morgan fingerprint density at radius 1 is 1.06 bits per heavy atom. The highest BCUT2D eigenvalue weighted by Crippen LogP contribution is 2.48. The van der Waals surface area contributed by atoms with Crippen molar-refractivity contribution in [3.63, 3.8) is 0 Å². The van der Waals surface area contributed by atoms with Gasteiger partial charge in [0.05, 0.1) is 41.8 Å². The molecular formula is C24H16Cl2F2N2O5. The van der Waals surface area contributed by atoms with Gasteiger partial charge >= 0.3 is 0 Å². The van der Waals surface area contributed by atoms with Crippen LogP contribution in [0.15, 0.2) is 54.2 Å². The van der Waals surface area contributed by atoms with E-state index in [0.29, 0.717) is 6.07 Å². The molecule has 2 aromatic carbocycles. The van der Waals surface area contributed by atoms with E-state index >= 15 is 0 Å². The number of ketones is 1. The molecule has 0 radical (unpaired) electrons. The maximum absolute atomic E-state index is 14.7. The van der Waals surface area contributed by atoms with E-state index in [1.165, 1.54) is 32.5 Å². The number of rotatable bonds is 5. The second-order valence-electron chi connectivity index (χ2n) is 7.31. The summed E-state index contributed by atoms with van der Waals surface area (Å²) in [5.74, 6) is -4.94. The molecule has 1 aliphatic heterocycles. The summed E-state index contributed by atoms with van der Waals surface area (Å²) in [5.41, 5.74) is -0.766. The summed E-state index contributed by atoms with van der Waals surface area (Å²) in [4.78, 5) is 31.3. The highest BCUT2D eigenvalue weighted by molar-refractivity contribution is 6.52. The molecule has 1 aliphatic rings. The lowest BCUT2D eigenvalue weighted by atomic mass is 9.97. The van der Waals surface area contributed by atoms with Crippen molar-refractivity contribution >= 4 is 46.3 Å². The normalized spacial score (nSPS) is 17.1. The van der Waals surface area contributed by atoms with Gasteiger partial charge in [0.15, 0.2) is 11.5 Å². The highest BCUT2D eigenvalue weighted by Gasteiger charge is 2.48. The molecule has 35 heavy (non-hydrogen) atoms. The summed E-state index contributed by atoms with van der Waals surface area (Å²) in [6.07, 6.45) is 1.40. The van der Waals surface area contributed by atoms with Gasteiger partial charge < -0.3 is 14.6 Å². The minimum absolute atomic E-state index is 0.00644. The van der Waals surface area contributed by atoms with Crippen LogP contribution >= 0.6 is 23.2 Å². The van der Waals surface area contributed by atoms with E-state index in [1.807, 2.05) is 0 Å². The van der Waals surface area contributed by atoms with Crippen LogP contribution in [-0.2, 0) is 9.59 Å². The Hall–Kier alpha value is -3.69. The molecule has 7 nitrogen and oxygen atoms in total. The molecule has 0 saturated carbocycles. The Kier molecular flexibility index (Phi) is 6.64. The predicted molar refractivity (Wildman–Crippen MR) is 125 cm³/mol. The van der Waals surface area contributed by atoms with Gasteiger partial charge in [0, 0.05) is 12.3 Å². The first-order chi connectivity index (χ1) is 16.7. The molecule has 4 rings (SSSR count). The number of Topliss-reactive ketones (excluding diaryl/α,β-unsaturated/α-hetero) is 1. The van der Waals surface area contributed by atoms with Gasteiger partial charge in [-0.25, -0.2) is 8.78 Å². The van der Waals surface area contributed by atoms with Crippen LogP contribution in [0, 0.1) is 11.6 Å².